The predicted octanol–water partition coefficient (Wildman–Crippen LogP) is 5.26. The van der Waals surface area contributed by atoms with Gasteiger partial charge in [-0.2, -0.15) is 0 Å². The molecule has 0 amide bonds. The second-order valence-corrected chi connectivity index (χ2v) is 6.87. The Kier molecular flexibility index (Phi) is 3.97. The van der Waals surface area contributed by atoms with Gasteiger partial charge in [-0.15, -0.1) is 0 Å². The Hall–Kier alpha value is -2.00. The van der Waals surface area contributed by atoms with Gasteiger partial charge in [0, 0.05) is 17.1 Å². The van der Waals surface area contributed by atoms with E-state index in [1.54, 1.807) is 7.11 Å². The molecule has 0 radical (unpaired) electrons. The number of fused-ring (bicyclic) bond motifs is 3. The molecule has 0 spiro atoms. The first-order chi connectivity index (χ1) is 11.7. The minimum atomic E-state index is 0.459. The first-order valence-corrected chi connectivity index (χ1v) is 8.90. The molecule has 0 N–H and O–H groups in total. The summed E-state index contributed by atoms with van der Waals surface area (Å²) in [5, 5.41) is 1.86. The van der Waals surface area contributed by atoms with E-state index in [0.29, 0.717) is 11.0 Å². The van der Waals surface area contributed by atoms with E-state index >= 15 is 0 Å². The summed E-state index contributed by atoms with van der Waals surface area (Å²) < 4.78 is 7.69. The third-order valence-electron chi connectivity index (χ3n) is 4.97. The van der Waals surface area contributed by atoms with Gasteiger partial charge in [0.2, 0.25) is 5.88 Å². The number of benzene rings is 1. The highest BCUT2D eigenvalue weighted by molar-refractivity contribution is 6.29. The minimum absolute atomic E-state index is 0.459. The average molecular weight is 341 g/mol. The Morgan fingerprint density at radius 1 is 1.12 bits per heavy atom. The third kappa shape index (κ3) is 2.48. The van der Waals surface area contributed by atoms with Gasteiger partial charge in [0.25, 0.3) is 0 Å². The van der Waals surface area contributed by atoms with Crippen LogP contribution in [0.2, 0.25) is 5.15 Å². The lowest BCUT2D eigenvalue weighted by Crippen LogP contribution is -2.02. The van der Waals surface area contributed by atoms with Crippen LogP contribution in [0.5, 0.6) is 5.88 Å². The normalized spacial score (nSPS) is 14.5. The number of hydrogen-bond donors (Lipinski definition) is 0. The Bertz CT molecular complexity index is 914. The number of pyridine rings is 1. The fourth-order valence-corrected chi connectivity index (χ4v) is 4.14. The van der Waals surface area contributed by atoms with E-state index < -0.39 is 0 Å². The molecule has 4 rings (SSSR count). The van der Waals surface area contributed by atoms with Gasteiger partial charge >= 0.3 is 0 Å². The number of aromatic nitrogens is 2. The molecule has 4 heteroatoms. The number of ether oxygens (including phenoxy) is 1. The highest BCUT2D eigenvalue weighted by Crippen LogP contribution is 2.36. The van der Waals surface area contributed by atoms with E-state index in [4.69, 9.17) is 16.3 Å². The zero-order valence-corrected chi connectivity index (χ0v) is 14.9. The van der Waals surface area contributed by atoms with Crippen LogP contribution in [0.25, 0.3) is 16.6 Å². The van der Waals surface area contributed by atoms with Crippen molar-refractivity contribution in [1.82, 2.24) is 9.55 Å². The van der Waals surface area contributed by atoms with Crippen molar-refractivity contribution in [3.63, 3.8) is 0 Å². The highest BCUT2D eigenvalue weighted by Gasteiger charge is 2.21. The minimum Gasteiger partial charge on any atom is -0.481 e. The molecule has 2 heterocycles. The number of aryl methyl sites for hydroxylation is 2. The van der Waals surface area contributed by atoms with Crippen LogP contribution in [-0.2, 0) is 12.8 Å². The Morgan fingerprint density at radius 2 is 1.96 bits per heavy atom. The average Bonchev–Trinajstić information content (AvgIpc) is 2.72. The lowest BCUT2D eigenvalue weighted by Gasteiger charge is -2.12. The summed E-state index contributed by atoms with van der Waals surface area (Å²) >= 11 is 6.24. The van der Waals surface area contributed by atoms with Crippen molar-refractivity contribution >= 4 is 22.5 Å². The summed E-state index contributed by atoms with van der Waals surface area (Å²) in [6.45, 7) is 2.21. The van der Waals surface area contributed by atoms with E-state index in [9.17, 15) is 0 Å². The van der Waals surface area contributed by atoms with Gasteiger partial charge in [0.15, 0.2) is 0 Å². The van der Waals surface area contributed by atoms with Crippen LogP contribution in [0.4, 0.5) is 0 Å². The van der Waals surface area contributed by atoms with Crippen LogP contribution in [0, 0.1) is 6.92 Å². The van der Waals surface area contributed by atoms with Crippen molar-refractivity contribution in [2.75, 3.05) is 7.11 Å². The molecule has 0 saturated carbocycles. The molecule has 0 fully saturated rings. The van der Waals surface area contributed by atoms with Crippen molar-refractivity contribution in [2.24, 2.45) is 0 Å². The first-order valence-electron chi connectivity index (χ1n) is 8.53. The van der Waals surface area contributed by atoms with Crippen LogP contribution in [-0.4, -0.2) is 16.7 Å². The number of halogens is 1. The van der Waals surface area contributed by atoms with E-state index in [0.717, 1.165) is 18.5 Å². The van der Waals surface area contributed by atoms with Crippen LogP contribution in [0.1, 0.15) is 36.1 Å². The quantitative estimate of drug-likeness (QED) is 0.469. The second kappa shape index (κ2) is 6.14. The van der Waals surface area contributed by atoms with E-state index in [1.165, 1.54) is 47.0 Å². The monoisotopic (exact) mass is 340 g/mol. The number of rotatable bonds is 2. The van der Waals surface area contributed by atoms with Gasteiger partial charge in [-0.3, -0.25) is 0 Å². The number of methoxy groups -OCH3 is 1. The summed E-state index contributed by atoms with van der Waals surface area (Å²) in [7, 11) is 1.63. The lowest BCUT2D eigenvalue weighted by molar-refractivity contribution is 0.398. The fourth-order valence-electron chi connectivity index (χ4n) is 3.95. The molecule has 1 aliphatic carbocycles. The summed E-state index contributed by atoms with van der Waals surface area (Å²) in [5.74, 6) is 0.550. The SMILES string of the molecule is COc1cc(-n2c3c(c4c(C)cccc42)CCCCC3)cc(Cl)n1. The smallest absolute Gasteiger partial charge is 0.216 e. The predicted molar refractivity (Wildman–Crippen MR) is 98.6 cm³/mol. The van der Waals surface area contributed by atoms with Gasteiger partial charge in [0.1, 0.15) is 5.15 Å². The first kappa shape index (κ1) is 15.5. The van der Waals surface area contributed by atoms with Crippen LogP contribution >= 0.6 is 11.6 Å². The zero-order chi connectivity index (χ0) is 16.7. The molecule has 0 saturated heterocycles. The summed E-state index contributed by atoms with van der Waals surface area (Å²) in [6, 6.07) is 10.4. The number of nitrogens with zero attached hydrogens (tertiary/aromatic N) is 2. The Morgan fingerprint density at radius 3 is 2.79 bits per heavy atom. The van der Waals surface area contributed by atoms with Gasteiger partial charge < -0.3 is 9.30 Å². The summed E-state index contributed by atoms with van der Waals surface area (Å²) in [5.41, 5.74) is 6.56. The molecule has 3 nitrogen and oxygen atoms in total. The van der Waals surface area contributed by atoms with Gasteiger partial charge in [-0.05, 0) is 55.9 Å². The highest BCUT2D eigenvalue weighted by atomic mass is 35.5. The van der Waals surface area contributed by atoms with Gasteiger partial charge in [-0.25, -0.2) is 4.98 Å². The maximum Gasteiger partial charge on any atom is 0.216 e. The van der Waals surface area contributed by atoms with Crippen LogP contribution in [0.3, 0.4) is 0 Å². The third-order valence-corrected chi connectivity index (χ3v) is 5.17. The van der Waals surface area contributed by atoms with Crippen molar-refractivity contribution in [3.8, 4) is 11.6 Å². The molecule has 1 aromatic carbocycles. The van der Waals surface area contributed by atoms with E-state index in [-0.39, 0.29) is 0 Å². The Balaban J connectivity index is 2.07. The molecule has 2 aromatic heterocycles. The van der Waals surface area contributed by atoms with Crippen molar-refractivity contribution in [3.05, 3.63) is 52.3 Å². The molecule has 1 aliphatic rings. The standard InChI is InChI=1S/C20H21ClN2O/c1-13-7-6-10-17-20(13)15-8-4-3-5-9-16(15)23(17)14-11-18(21)22-19(12-14)24-2/h6-7,10-12H,3-5,8-9H2,1-2H3. The molecule has 0 aliphatic heterocycles. The largest absolute Gasteiger partial charge is 0.481 e. The molecular formula is C20H21ClN2O. The molecule has 124 valence electrons. The summed E-state index contributed by atoms with van der Waals surface area (Å²) in [4.78, 5) is 4.22. The van der Waals surface area contributed by atoms with Crippen LogP contribution in [0.15, 0.2) is 30.3 Å². The number of hydrogen-bond acceptors (Lipinski definition) is 2. The van der Waals surface area contributed by atoms with Gasteiger partial charge in [0.05, 0.1) is 18.3 Å². The zero-order valence-electron chi connectivity index (χ0n) is 14.1. The molecule has 0 bridgehead atoms. The van der Waals surface area contributed by atoms with E-state index in [1.807, 2.05) is 12.1 Å². The lowest BCUT2D eigenvalue weighted by atomic mass is 10.0. The second-order valence-electron chi connectivity index (χ2n) is 6.48. The van der Waals surface area contributed by atoms with Crippen molar-refractivity contribution < 1.29 is 4.74 Å². The molecule has 24 heavy (non-hydrogen) atoms. The topological polar surface area (TPSA) is 27.1 Å². The molecular weight excluding hydrogens is 320 g/mol. The maximum absolute atomic E-state index is 6.24. The molecule has 0 atom stereocenters. The van der Waals surface area contributed by atoms with Gasteiger partial charge in [-0.1, -0.05) is 30.2 Å². The molecule has 0 unspecified atom stereocenters. The maximum atomic E-state index is 6.24. The summed E-state index contributed by atoms with van der Waals surface area (Å²) in [6.07, 6.45) is 6.05. The van der Waals surface area contributed by atoms with Crippen molar-refractivity contribution in [2.45, 2.75) is 39.0 Å². The van der Waals surface area contributed by atoms with Crippen molar-refractivity contribution in [1.29, 1.82) is 0 Å². The fraction of sp³-hybridized carbons (Fsp3) is 0.350. The van der Waals surface area contributed by atoms with E-state index in [2.05, 4.69) is 34.7 Å². The van der Waals surface area contributed by atoms with Crippen LogP contribution < -0.4 is 4.74 Å². The molecule has 3 aromatic rings. The Labute approximate surface area is 147 Å².